The second-order valence-electron chi connectivity index (χ2n) is 4.75. The molecule has 1 rings (SSSR count). The van der Waals surface area contributed by atoms with E-state index >= 15 is 0 Å². The summed E-state index contributed by atoms with van der Waals surface area (Å²) in [6.45, 7) is 7.65. The molecule has 0 aliphatic carbocycles. The van der Waals surface area contributed by atoms with Gasteiger partial charge in [0.05, 0.1) is 5.60 Å². The minimum absolute atomic E-state index is 0.195. The molecule has 1 aromatic carbocycles. The summed E-state index contributed by atoms with van der Waals surface area (Å²) >= 11 is 0. The van der Waals surface area contributed by atoms with Crippen LogP contribution in [0.5, 0.6) is 5.75 Å². The van der Waals surface area contributed by atoms with Crippen molar-refractivity contribution in [2.75, 3.05) is 0 Å². The zero-order valence-electron chi connectivity index (χ0n) is 9.90. The van der Waals surface area contributed by atoms with Crippen LogP contribution >= 0.6 is 0 Å². The molecule has 15 heavy (non-hydrogen) atoms. The summed E-state index contributed by atoms with van der Waals surface area (Å²) in [5, 5.41) is 9.98. The second kappa shape index (κ2) is 4.67. The molecule has 1 aromatic rings. The molecule has 0 radical (unpaired) electrons. The van der Waals surface area contributed by atoms with E-state index in [4.69, 9.17) is 4.74 Å². The van der Waals surface area contributed by atoms with Crippen molar-refractivity contribution in [2.24, 2.45) is 5.92 Å². The lowest BCUT2D eigenvalue weighted by Crippen LogP contribution is -2.44. The first-order valence-electron chi connectivity index (χ1n) is 5.35. The van der Waals surface area contributed by atoms with Crippen molar-refractivity contribution in [3.63, 3.8) is 0 Å². The summed E-state index contributed by atoms with van der Waals surface area (Å²) in [6.07, 6.45) is -0.195. The third kappa shape index (κ3) is 3.56. The Bertz CT molecular complexity index is 285. The molecule has 1 atom stereocenters. The zero-order chi connectivity index (χ0) is 11.5. The van der Waals surface area contributed by atoms with Crippen LogP contribution in [-0.4, -0.2) is 16.8 Å². The fourth-order valence-corrected chi connectivity index (χ4v) is 1.74. The Morgan fingerprint density at radius 1 is 1.13 bits per heavy atom. The lowest BCUT2D eigenvalue weighted by Gasteiger charge is -2.32. The lowest BCUT2D eigenvalue weighted by atomic mass is 9.92. The van der Waals surface area contributed by atoms with Gasteiger partial charge in [-0.05, 0) is 31.9 Å². The fourth-order valence-electron chi connectivity index (χ4n) is 1.74. The molecule has 0 unspecified atom stereocenters. The maximum Gasteiger partial charge on any atom is 0.129 e. The predicted molar refractivity (Wildman–Crippen MR) is 62.0 cm³/mol. The highest BCUT2D eigenvalue weighted by Gasteiger charge is 2.31. The van der Waals surface area contributed by atoms with E-state index in [0.29, 0.717) is 0 Å². The van der Waals surface area contributed by atoms with Gasteiger partial charge in [-0.2, -0.15) is 0 Å². The van der Waals surface area contributed by atoms with Crippen LogP contribution in [-0.2, 0) is 0 Å². The Kier molecular flexibility index (Phi) is 3.75. The predicted octanol–water partition coefficient (Wildman–Crippen LogP) is 2.86. The van der Waals surface area contributed by atoms with Crippen molar-refractivity contribution in [3.8, 4) is 5.75 Å². The van der Waals surface area contributed by atoms with Crippen LogP contribution in [0.4, 0.5) is 0 Å². The molecule has 0 heterocycles. The van der Waals surface area contributed by atoms with Crippen LogP contribution in [0.15, 0.2) is 30.3 Å². The van der Waals surface area contributed by atoms with E-state index < -0.39 is 5.60 Å². The number of hydrogen-bond donors (Lipinski definition) is 1. The minimum atomic E-state index is -0.829. The summed E-state index contributed by atoms with van der Waals surface area (Å²) < 4.78 is 5.79. The van der Waals surface area contributed by atoms with Gasteiger partial charge < -0.3 is 9.84 Å². The molecular weight excluding hydrogens is 188 g/mol. The highest BCUT2D eigenvalue weighted by Crippen LogP contribution is 2.23. The number of benzene rings is 1. The maximum absolute atomic E-state index is 9.98. The van der Waals surface area contributed by atoms with Gasteiger partial charge in [0, 0.05) is 0 Å². The number of rotatable bonds is 4. The van der Waals surface area contributed by atoms with Crippen molar-refractivity contribution in [1.29, 1.82) is 0 Å². The standard InChI is InChI=1S/C13H20O2/c1-10(2)12(13(3,4)14)15-11-8-6-5-7-9-11/h5-10,12,14H,1-4H3/t12-/m1/s1. The van der Waals surface area contributed by atoms with E-state index in [0.717, 1.165) is 5.75 Å². The first-order chi connectivity index (χ1) is 6.91. The molecule has 84 valence electrons. The van der Waals surface area contributed by atoms with E-state index in [9.17, 15) is 5.11 Å². The van der Waals surface area contributed by atoms with Crippen LogP contribution in [0.25, 0.3) is 0 Å². The van der Waals surface area contributed by atoms with Crippen LogP contribution in [0.2, 0.25) is 0 Å². The largest absolute Gasteiger partial charge is 0.487 e. The van der Waals surface area contributed by atoms with Crippen LogP contribution in [0, 0.1) is 5.92 Å². The van der Waals surface area contributed by atoms with Crippen molar-refractivity contribution in [2.45, 2.75) is 39.4 Å². The van der Waals surface area contributed by atoms with Gasteiger partial charge in [-0.25, -0.2) is 0 Å². The molecule has 0 fully saturated rings. The van der Waals surface area contributed by atoms with Gasteiger partial charge in [0.25, 0.3) is 0 Å². The van der Waals surface area contributed by atoms with Gasteiger partial charge in [-0.3, -0.25) is 0 Å². The fraction of sp³-hybridized carbons (Fsp3) is 0.538. The van der Waals surface area contributed by atoms with Crippen molar-refractivity contribution < 1.29 is 9.84 Å². The highest BCUT2D eigenvalue weighted by molar-refractivity contribution is 5.21. The summed E-state index contributed by atoms with van der Waals surface area (Å²) in [7, 11) is 0. The van der Waals surface area contributed by atoms with Gasteiger partial charge in [-0.15, -0.1) is 0 Å². The third-order valence-corrected chi connectivity index (χ3v) is 2.31. The molecule has 0 saturated heterocycles. The molecule has 2 nitrogen and oxygen atoms in total. The summed E-state index contributed by atoms with van der Waals surface area (Å²) in [5.41, 5.74) is -0.829. The van der Waals surface area contributed by atoms with E-state index in [1.165, 1.54) is 0 Å². The normalized spacial score (nSPS) is 14.0. The molecule has 0 saturated carbocycles. The summed E-state index contributed by atoms with van der Waals surface area (Å²) in [4.78, 5) is 0. The molecule has 1 N–H and O–H groups in total. The Morgan fingerprint density at radius 2 is 1.67 bits per heavy atom. The van der Waals surface area contributed by atoms with Gasteiger partial charge in [0.2, 0.25) is 0 Å². The molecule has 0 aromatic heterocycles. The van der Waals surface area contributed by atoms with Gasteiger partial charge in [-0.1, -0.05) is 32.0 Å². The number of hydrogen-bond acceptors (Lipinski definition) is 2. The highest BCUT2D eigenvalue weighted by atomic mass is 16.5. The Balaban J connectivity index is 2.77. The summed E-state index contributed by atoms with van der Waals surface area (Å²) in [5.74, 6) is 1.07. The van der Waals surface area contributed by atoms with Crippen LogP contribution in [0.3, 0.4) is 0 Å². The molecular formula is C13H20O2. The van der Waals surface area contributed by atoms with Crippen LogP contribution in [0.1, 0.15) is 27.7 Å². The molecule has 0 spiro atoms. The number of ether oxygens (including phenoxy) is 1. The number of aliphatic hydroxyl groups is 1. The first kappa shape index (κ1) is 12.1. The van der Waals surface area contributed by atoms with E-state index in [2.05, 4.69) is 0 Å². The average Bonchev–Trinajstić information content (AvgIpc) is 2.13. The van der Waals surface area contributed by atoms with E-state index in [1.807, 2.05) is 44.2 Å². The SMILES string of the molecule is CC(C)[C@@H](Oc1ccccc1)C(C)(C)O. The third-order valence-electron chi connectivity index (χ3n) is 2.31. The lowest BCUT2D eigenvalue weighted by molar-refractivity contribution is -0.0550. The second-order valence-corrected chi connectivity index (χ2v) is 4.75. The van der Waals surface area contributed by atoms with Gasteiger partial charge in [0.15, 0.2) is 0 Å². The Morgan fingerprint density at radius 3 is 2.07 bits per heavy atom. The van der Waals surface area contributed by atoms with E-state index in [-0.39, 0.29) is 12.0 Å². The molecule has 0 bridgehead atoms. The molecule has 0 aliphatic heterocycles. The average molecular weight is 208 g/mol. The maximum atomic E-state index is 9.98. The molecule has 0 aliphatic rings. The minimum Gasteiger partial charge on any atom is -0.487 e. The van der Waals surface area contributed by atoms with Crippen molar-refractivity contribution in [3.05, 3.63) is 30.3 Å². The Labute approximate surface area is 91.9 Å². The van der Waals surface area contributed by atoms with Crippen molar-refractivity contribution in [1.82, 2.24) is 0 Å². The van der Waals surface area contributed by atoms with Gasteiger partial charge in [0.1, 0.15) is 11.9 Å². The van der Waals surface area contributed by atoms with Gasteiger partial charge >= 0.3 is 0 Å². The zero-order valence-corrected chi connectivity index (χ0v) is 9.90. The topological polar surface area (TPSA) is 29.5 Å². The molecule has 0 amide bonds. The Hall–Kier alpha value is -1.02. The summed E-state index contributed by atoms with van der Waals surface area (Å²) in [6, 6.07) is 9.61. The smallest absolute Gasteiger partial charge is 0.129 e. The number of para-hydroxylation sites is 1. The van der Waals surface area contributed by atoms with Crippen molar-refractivity contribution >= 4 is 0 Å². The monoisotopic (exact) mass is 208 g/mol. The van der Waals surface area contributed by atoms with Crippen LogP contribution < -0.4 is 4.74 Å². The first-order valence-corrected chi connectivity index (χ1v) is 5.35. The van der Waals surface area contributed by atoms with E-state index in [1.54, 1.807) is 13.8 Å². The quantitative estimate of drug-likeness (QED) is 0.824. The molecule has 2 heteroatoms.